The molecule has 0 aliphatic rings. The molecule has 2 rings (SSSR count). The van der Waals surface area contributed by atoms with Crippen LogP contribution in [0.2, 0.25) is 0 Å². The SMILES string of the molecule is Cc1ccc(C(=O)O)c(COc2cccc(CC(=O)O)c2)c1. The highest BCUT2D eigenvalue weighted by atomic mass is 16.5. The summed E-state index contributed by atoms with van der Waals surface area (Å²) in [4.78, 5) is 21.9. The van der Waals surface area contributed by atoms with Gasteiger partial charge in [0.15, 0.2) is 0 Å². The Hall–Kier alpha value is -2.82. The highest BCUT2D eigenvalue weighted by molar-refractivity contribution is 5.89. The largest absolute Gasteiger partial charge is 0.489 e. The summed E-state index contributed by atoms with van der Waals surface area (Å²) in [7, 11) is 0. The van der Waals surface area contributed by atoms with Gasteiger partial charge in [-0.05, 0) is 30.7 Å². The molecular weight excluding hydrogens is 284 g/mol. The van der Waals surface area contributed by atoms with E-state index in [0.717, 1.165) is 5.56 Å². The van der Waals surface area contributed by atoms with E-state index < -0.39 is 11.9 Å². The molecule has 2 N–H and O–H groups in total. The number of rotatable bonds is 6. The molecule has 2 aromatic carbocycles. The number of aromatic carboxylic acids is 1. The minimum absolute atomic E-state index is 0.0813. The van der Waals surface area contributed by atoms with Gasteiger partial charge in [-0.1, -0.05) is 29.8 Å². The fraction of sp³-hybridized carbons (Fsp3) is 0.176. The molecule has 0 aliphatic carbocycles. The fourth-order valence-corrected chi connectivity index (χ4v) is 2.13. The predicted molar refractivity (Wildman–Crippen MR) is 80.3 cm³/mol. The van der Waals surface area contributed by atoms with Crippen molar-refractivity contribution in [2.24, 2.45) is 0 Å². The quantitative estimate of drug-likeness (QED) is 0.857. The van der Waals surface area contributed by atoms with Crippen LogP contribution in [0.25, 0.3) is 0 Å². The first-order valence-electron chi connectivity index (χ1n) is 6.72. The number of carbonyl (C=O) groups is 2. The molecule has 114 valence electrons. The van der Waals surface area contributed by atoms with Crippen LogP contribution in [0.15, 0.2) is 42.5 Å². The lowest BCUT2D eigenvalue weighted by Crippen LogP contribution is -2.06. The molecule has 0 saturated heterocycles. The second-order valence-corrected chi connectivity index (χ2v) is 4.97. The van der Waals surface area contributed by atoms with Gasteiger partial charge >= 0.3 is 11.9 Å². The van der Waals surface area contributed by atoms with E-state index in [1.165, 1.54) is 0 Å². The normalized spacial score (nSPS) is 10.2. The maximum Gasteiger partial charge on any atom is 0.336 e. The van der Waals surface area contributed by atoms with Crippen molar-refractivity contribution in [2.45, 2.75) is 20.0 Å². The Kier molecular flexibility index (Phi) is 4.78. The summed E-state index contributed by atoms with van der Waals surface area (Å²) < 4.78 is 5.60. The zero-order valence-electron chi connectivity index (χ0n) is 12.1. The van der Waals surface area contributed by atoms with Gasteiger partial charge in [0.1, 0.15) is 12.4 Å². The van der Waals surface area contributed by atoms with Crippen molar-refractivity contribution in [2.75, 3.05) is 0 Å². The van der Waals surface area contributed by atoms with Gasteiger partial charge in [-0.15, -0.1) is 0 Å². The molecule has 0 spiro atoms. The Bertz CT molecular complexity index is 706. The van der Waals surface area contributed by atoms with Crippen molar-refractivity contribution in [3.63, 3.8) is 0 Å². The van der Waals surface area contributed by atoms with E-state index in [9.17, 15) is 14.7 Å². The zero-order valence-corrected chi connectivity index (χ0v) is 12.1. The number of aliphatic carboxylic acids is 1. The molecule has 0 fully saturated rings. The van der Waals surface area contributed by atoms with Crippen LogP contribution in [0.4, 0.5) is 0 Å². The van der Waals surface area contributed by atoms with E-state index in [2.05, 4.69) is 0 Å². The van der Waals surface area contributed by atoms with Crippen LogP contribution in [0.5, 0.6) is 5.75 Å². The van der Waals surface area contributed by atoms with E-state index in [1.807, 2.05) is 6.92 Å². The summed E-state index contributed by atoms with van der Waals surface area (Å²) in [5.74, 6) is -1.40. The van der Waals surface area contributed by atoms with Crippen molar-refractivity contribution in [3.05, 3.63) is 64.7 Å². The molecule has 0 saturated carbocycles. The molecular formula is C17H16O5. The van der Waals surface area contributed by atoms with Gasteiger partial charge in [0.25, 0.3) is 0 Å². The van der Waals surface area contributed by atoms with Crippen molar-refractivity contribution in [1.82, 2.24) is 0 Å². The van der Waals surface area contributed by atoms with Gasteiger partial charge in [-0.2, -0.15) is 0 Å². The Labute approximate surface area is 127 Å². The minimum atomic E-state index is -1.00. The van der Waals surface area contributed by atoms with Crippen LogP contribution in [-0.2, 0) is 17.8 Å². The van der Waals surface area contributed by atoms with Crippen LogP contribution in [0.3, 0.4) is 0 Å². The lowest BCUT2D eigenvalue weighted by atomic mass is 10.1. The first kappa shape index (κ1) is 15.6. The highest BCUT2D eigenvalue weighted by Crippen LogP contribution is 2.18. The third-order valence-corrected chi connectivity index (χ3v) is 3.14. The van der Waals surface area contributed by atoms with Gasteiger partial charge in [-0.25, -0.2) is 4.79 Å². The van der Waals surface area contributed by atoms with Crippen LogP contribution >= 0.6 is 0 Å². The molecule has 5 heteroatoms. The molecule has 0 unspecified atom stereocenters. The van der Waals surface area contributed by atoms with Gasteiger partial charge in [-0.3, -0.25) is 4.79 Å². The molecule has 0 radical (unpaired) electrons. The number of benzene rings is 2. The summed E-state index contributed by atoms with van der Waals surface area (Å²) in [6, 6.07) is 11.8. The first-order chi connectivity index (χ1) is 10.5. The number of carboxylic acids is 2. The van der Waals surface area contributed by atoms with Crippen LogP contribution in [0, 0.1) is 6.92 Å². The standard InChI is InChI=1S/C17H16O5/c1-11-5-6-15(17(20)21)13(7-11)10-22-14-4-2-3-12(8-14)9-16(18)19/h2-8H,9-10H2,1H3,(H,18,19)(H,20,21). The maximum absolute atomic E-state index is 11.2. The smallest absolute Gasteiger partial charge is 0.336 e. The molecule has 0 bridgehead atoms. The van der Waals surface area contributed by atoms with E-state index in [0.29, 0.717) is 16.9 Å². The van der Waals surface area contributed by atoms with E-state index in [-0.39, 0.29) is 18.6 Å². The Morgan fingerprint density at radius 1 is 1.09 bits per heavy atom. The topological polar surface area (TPSA) is 83.8 Å². The number of ether oxygens (including phenoxy) is 1. The second-order valence-electron chi connectivity index (χ2n) is 4.97. The zero-order chi connectivity index (χ0) is 16.1. The van der Waals surface area contributed by atoms with Crippen molar-refractivity contribution in [1.29, 1.82) is 0 Å². The number of hydrogen-bond donors (Lipinski definition) is 2. The lowest BCUT2D eigenvalue weighted by Gasteiger charge is -2.10. The summed E-state index contributed by atoms with van der Waals surface area (Å²) in [5, 5.41) is 18.0. The third-order valence-electron chi connectivity index (χ3n) is 3.14. The fourth-order valence-electron chi connectivity index (χ4n) is 2.13. The average molecular weight is 300 g/mol. The average Bonchev–Trinajstić information content (AvgIpc) is 2.44. The molecule has 22 heavy (non-hydrogen) atoms. The predicted octanol–water partition coefficient (Wildman–Crippen LogP) is 2.90. The molecule has 0 amide bonds. The van der Waals surface area contributed by atoms with Gasteiger partial charge in [0.2, 0.25) is 0 Å². The van der Waals surface area contributed by atoms with Crippen molar-refractivity contribution >= 4 is 11.9 Å². The minimum Gasteiger partial charge on any atom is -0.489 e. The number of carboxylic acid groups (broad SMARTS) is 2. The molecule has 5 nitrogen and oxygen atoms in total. The first-order valence-corrected chi connectivity index (χ1v) is 6.72. The molecule has 0 aromatic heterocycles. The maximum atomic E-state index is 11.2. The van der Waals surface area contributed by atoms with E-state index >= 15 is 0 Å². The summed E-state index contributed by atoms with van der Waals surface area (Å²) >= 11 is 0. The third kappa shape index (κ3) is 4.09. The summed E-state index contributed by atoms with van der Waals surface area (Å²) in [6.07, 6.45) is -0.0813. The monoisotopic (exact) mass is 300 g/mol. The van der Waals surface area contributed by atoms with E-state index in [4.69, 9.17) is 9.84 Å². The molecule has 0 heterocycles. The second kappa shape index (κ2) is 6.76. The summed E-state index contributed by atoms with van der Waals surface area (Å²) in [5.41, 5.74) is 2.36. The van der Waals surface area contributed by atoms with Crippen molar-refractivity contribution < 1.29 is 24.5 Å². The molecule has 0 atom stereocenters. The molecule has 0 aliphatic heterocycles. The molecule has 2 aromatic rings. The summed E-state index contributed by atoms with van der Waals surface area (Å²) in [6.45, 7) is 1.99. The number of hydrogen-bond acceptors (Lipinski definition) is 3. The highest BCUT2D eigenvalue weighted by Gasteiger charge is 2.11. The van der Waals surface area contributed by atoms with Gasteiger partial charge in [0.05, 0.1) is 12.0 Å². The Balaban J connectivity index is 2.15. The lowest BCUT2D eigenvalue weighted by molar-refractivity contribution is -0.136. The number of aryl methyl sites for hydroxylation is 1. The Morgan fingerprint density at radius 3 is 2.55 bits per heavy atom. The van der Waals surface area contributed by atoms with Gasteiger partial charge < -0.3 is 14.9 Å². The van der Waals surface area contributed by atoms with Crippen LogP contribution < -0.4 is 4.74 Å². The Morgan fingerprint density at radius 2 is 1.86 bits per heavy atom. The van der Waals surface area contributed by atoms with E-state index in [1.54, 1.807) is 42.5 Å². The van der Waals surface area contributed by atoms with Gasteiger partial charge in [0, 0.05) is 5.56 Å². The van der Waals surface area contributed by atoms with Crippen molar-refractivity contribution in [3.8, 4) is 5.75 Å². The van der Waals surface area contributed by atoms with Crippen LogP contribution in [0.1, 0.15) is 27.0 Å². The van der Waals surface area contributed by atoms with Crippen LogP contribution in [-0.4, -0.2) is 22.2 Å².